The molecule has 1 nitrogen and oxygen atoms in total. The molecule has 0 spiro atoms. The van der Waals surface area contributed by atoms with E-state index in [-0.39, 0.29) is 0 Å². The maximum absolute atomic E-state index is 8.41. The molecule has 6 rings (SSSR count). The van der Waals surface area contributed by atoms with Gasteiger partial charge < -0.3 is 0 Å². The number of pyridine rings is 1. The molecular formula is C28H21NS. The number of nitrogens with zero attached hydrogens (tertiary/aromatic N) is 1. The van der Waals surface area contributed by atoms with Crippen LogP contribution < -0.4 is 0 Å². The third-order valence-electron chi connectivity index (χ3n) is 5.98. The van der Waals surface area contributed by atoms with Gasteiger partial charge in [0.1, 0.15) is 0 Å². The van der Waals surface area contributed by atoms with E-state index in [1.54, 1.807) is 0 Å². The first kappa shape index (κ1) is 16.6. The van der Waals surface area contributed by atoms with Crippen molar-refractivity contribution in [2.45, 2.75) is 19.7 Å². The molecule has 2 heteroatoms. The molecule has 0 fully saturated rings. The summed E-state index contributed by atoms with van der Waals surface area (Å²) in [6.07, 6.45) is 1.83. The lowest BCUT2D eigenvalue weighted by molar-refractivity contribution is 0.864. The molecule has 0 atom stereocenters. The minimum Gasteiger partial charge on any atom is -0.256 e. The molecule has 0 aliphatic rings. The van der Waals surface area contributed by atoms with Crippen LogP contribution in [0.15, 0.2) is 85.1 Å². The summed E-state index contributed by atoms with van der Waals surface area (Å²) >= 11 is 1.83. The molecule has 6 aromatic rings. The molecule has 4 aromatic carbocycles. The first-order valence-electron chi connectivity index (χ1n) is 10.7. The Morgan fingerprint density at radius 1 is 0.767 bits per heavy atom. The smallest absolute Gasteiger partial charge is 0.0719 e. The van der Waals surface area contributed by atoms with Crippen LogP contribution >= 0.6 is 11.3 Å². The van der Waals surface area contributed by atoms with Crippen molar-refractivity contribution in [1.29, 1.82) is 0 Å². The second-order valence-corrected chi connectivity index (χ2v) is 9.12. The standard InChI is InChI=1S/C28H21NS/c1-17(2)19-12-13-29-26(15-19)23-9-5-8-22-25-14-20-11-10-18-6-3-4-7-21(18)24(20)16-27(25)30-28(22)23/h3-17H,1-2H3/i17D. The summed E-state index contributed by atoms with van der Waals surface area (Å²) in [6, 6.07) is 28.2. The van der Waals surface area contributed by atoms with Gasteiger partial charge in [0.05, 0.1) is 5.69 Å². The number of thiophene rings is 1. The van der Waals surface area contributed by atoms with Crippen LogP contribution in [0.1, 0.15) is 26.7 Å². The fraction of sp³-hybridized carbons (Fsp3) is 0.107. The average Bonchev–Trinajstić information content (AvgIpc) is 3.15. The van der Waals surface area contributed by atoms with Gasteiger partial charge in [-0.25, -0.2) is 0 Å². The summed E-state index contributed by atoms with van der Waals surface area (Å²) in [5.41, 5.74) is 3.05. The van der Waals surface area contributed by atoms with Gasteiger partial charge in [0.15, 0.2) is 0 Å². The predicted octanol–water partition coefficient (Wildman–Crippen LogP) is 8.55. The molecule has 2 heterocycles. The Hall–Kier alpha value is -3.23. The van der Waals surface area contributed by atoms with Gasteiger partial charge in [0.25, 0.3) is 0 Å². The van der Waals surface area contributed by atoms with Crippen LogP contribution in [0.25, 0.3) is 53.0 Å². The topological polar surface area (TPSA) is 12.9 Å². The SMILES string of the molecule is [2H]C(C)(C)c1ccnc(-c2cccc3c2sc2cc4c(ccc5ccccc54)cc23)c1. The zero-order chi connectivity index (χ0) is 21.2. The number of benzene rings is 4. The quantitative estimate of drug-likeness (QED) is 0.263. The fourth-order valence-corrected chi connectivity index (χ4v) is 5.64. The Morgan fingerprint density at radius 3 is 2.50 bits per heavy atom. The minimum atomic E-state index is -0.648. The summed E-state index contributed by atoms with van der Waals surface area (Å²) < 4.78 is 11.0. The Kier molecular flexibility index (Phi) is 3.67. The Labute approximate surface area is 181 Å². The van der Waals surface area contributed by atoms with E-state index in [1.807, 2.05) is 37.4 Å². The Balaban J connectivity index is 1.65. The van der Waals surface area contributed by atoms with Gasteiger partial charge >= 0.3 is 0 Å². The highest BCUT2D eigenvalue weighted by molar-refractivity contribution is 7.26. The van der Waals surface area contributed by atoms with E-state index in [0.29, 0.717) is 0 Å². The van der Waals surface area contributed by atoms with Gasteiger partial charge in [0, 0.05) is 33.3 Å². The monoisotopic (exact) mass is 404 g/mol. The summed E-state index contributed by atoms with van der Waals surface area (Å²) in [4.78, 5) is 4.66. The van der Waals surface area contributed by atoms with Gasteiger partial charge in [-0.1, -0.05) is 68.4 Å². The normalized spacial score (nSPS) is 12.8. The molecule has 30 heavy (non-hydrogen) atoms. The van der Waals surface area contributed by atoms with E-state index in [4.69, 9.17) is 1.37 Å². The zero-order valence-corrected chi connectivity index (χ0v) is 17.8. The van der Waals surface area contributed by atoms with E-state index >= 15 is 0 Å². The van der Waals surface area contributed by atoms with Gasteiger partial charge in [-0.3, -0.25) is 4.98 Å². The first-order chi connectivity index (χ1) is 15.0. The number of hydrogen-bond donors (Lipinski definition) is 0. The van der Waals surface area contributed by atoms with Gasteiger partial charge in [-0.15, -0.1) is 11.3 Å². The second-order valence-electron chi connectivity index (χ2n) is 8.07. The van der Waals surface area contributed by atoms with E-state index in [9.17, 15) is 0 Å². The summed E-state index contributed by atoms with van der Waals surface area (Å²) in [6.45, 7) is 3.84. The molecule has 0 unspecified atom stereocenters. The molecule has 0 aliphatic carbocycles. The van der Waals surface area contributed by atoms with Crippen LogP contribution in [0.4, 0.5) is 0 Å². The number of aromatic nitrogens is 1. The maximum Gasteiger partial charge on any atom is 0.0719 e. The molecule has 0 radical (unpaired) electrons. The average molecular weight is 405 g/mol. The van der Waals surface area contributed by atoms with E-state index < -0.39 is 5.89 Å². The van der Waals surface area contributed by atoms with Crippen molar-refractivity contribution in [1.82, 2.24) is 4.98 Å². The molecule has 0 aliphatic heterocycles. The van der Waals surface area contributed by atoms with Gasteiger partial charge in [-0.05, 0) is 57.3 Å². The minimum absolute atomic E-state index is 0.648. The number of rotatable bonds is 2. The maximum atomic E-state index is 8.41. The van der Waals surface area contributed by atoms with Crippen LogP contribution in [-0.4, -0.2) is 4.98 Å². The lowest BCUT2D eigenvalue weighted by Crippen LogP contribution is -1.90. The van der Waals surface area contributed by atoms with Gasteiger partial charge in [-0.2, -0.15) is 0 Å². The van der Waals surface area contributed by atoms with Crippen molar-refractivity contribution in [3.63, 3.8) is 0 Å². The van der Waals surface area contributed by atoms with E-state index in [0.717, 1.165) is 16.8 Å². The third kappa shape index (κ3) is 2.64. The van der Waals surface area contributed by atoms with Crippen molar-refractivity contribution in [3.05, 3.63) is 90.6 Å². The number of hydrogen-bond acceptors (Lipinski definition) is 2. The van der Waals surface area contributed by atoms with Crippen molar-refractivity contribution >= 4 is 53.1 Å². The second kappa shape index (κ2) is 6.65. The predicted molar refractivity (Wildman–Crippen MR) is 132 cm³/mol. The highest BCUT2D eigenvalue weighted by Gasteiger charge is 2.13. The van der Waals surface area contributed by atoms with Crippen LogP contribution in [0.3, 0.4) is 0 Å². The molecule has 0 saturated heterocycles. The van der Waals surface area contributed by atoms with Crippen LogP contribution in [0.2, 0.25) is 0 Å². The lowest BCUT2D eigenvalue weighted by atomic mass is 9.99. The summed E-state index contributed by atoms with van der Waals surface area (Å²) in [5.74, 6) is -0.648. The summed E-state index contributed by atoms with van der Waals surface area (Å²) in [7, 11) is 0. The van der Waals surface area contributed by atoms with E-state index in [2.05, 4.69) is 77.8 Å². The fourth-order valence-electron chi connectivity index (χ4n) is 4.39. The largest absolute Gasteiger partial charge is 0.256 e. The van der Waals surface area contributed by atoms with Crippen molar-refractivity contribution in [2.75, 3.05) is 0 Å². The molecular weight excluding hydrogens is 382 g/mol. The van der Waals surface area contributed by atoms with Crippen molar-refractivity contribution in [2.24, 2.45) is 0 Å². The van der Waals surface area contributed by atoms with E-state index in [1.165, 1.54) is 41.7 Å². The lowest BCUT2D eigenvalue weighted by Gasteiger charge is -2.08. The number of fused-ring (bicyclic) bond motifs is 6. The third-order valence-corrected chi connectivity index (χ3v) is 7.18. The highest BCUT2D eigenvalue weighted by atomic mass is 32.1. The van der Waals surface area contributed by atoms with Crippen LogP contribution in [-0.2, 0) is 0 Å². The van der Waals surface area contributed by atoms with Crippen LogP contribution in [0.5, 0.6) is 0 Å². The van der Waals surface area contributed by atoms with Crippen molar-refractivity contribution < 1.29 is 1.37 Å². The molecule has 144 valence electrons. The highest BCUT2D eigenvalue weighted by Crippen LogP contribution is 2.42. The van der Waals surface area contributed by atoms with Crippen molar-refractivity contribution in [3.8, 4) is 11.3 Å². The molecule has 0 N–H and O–H groups in total. The molecule has 0 amide bonds. The molecule has 2 aromatic heterocycles. The van der Waals surface area contributed by atoms with Crippen LogP contribution in [0, 0.1) is 0 Å². The first-order valence-corrected chi connectivity index (χ1v) is 11.0. The Bertz CT molecular complexity index is 1620. The van der Waals surface area contributed by atoms with Gasteiger partial charge in [0.2, 0.25) is 0 Å². The molecule has 0 bridgehead atoms. The Morgan fingerprint density at radius 2 is 1.60 bits per heavy atom. The zero-order valence-electron chi connectivity index (χ0n) is 17.9. The summed E-state index contributed by atoms with van der Waals surface area (Å²) in [5, 5.41) is 7.70. The molecule has 0 saturated carbocycles.